The van der Waals surface area contributed by atoms with Crippen LogP contribution in [0, 0.1) is 5.82 Å². The lowest BCUT2D eigenvalue weighted by molar-refractivity contribution is -0.137. The second-order valence-corrected chi connectivity index (χ2v) is 6.12. The van der Waals surface area contributed by atoms with E-state index < -0.39 is 5.97 Å². The van der Waals surface area contributed by atoms with E-state index in [9.17, 15) is 14.0 Å². The van der Waals surface area contributed by atoms with Crippen LogP contribution in [0.1, 0.15) is 49.3 Å². The average Bonchev–Trinajstić information content (AvgIpc) is 2.59. The number of halogens is 1. The summed E-state index contributed by atoms with van der Waals surface area (Å²) in [5.41, 5.74) is 1.63. The van der Waals surface area contributed by atoms with Crippen LogP contribution in [0.5, 0.6) is 0 Å². The number of rotatable bonds is 8. The van der Waals surface area contributed by atoms with Gasteiger partial charge in [0.25, 0.3) is 0 Å². The van der Waals surface area contributed by atoms with Gasteiger partial charge < -0.3 is 10.4 Å². The number of carboxylic acid groups (broad SMARTS) is 1. The van der Waals surface area contributed by atoms with Crippen molar-refractivity contribution in [3.63, 3.8) is 0 Å². The molecule has 0 fully saturated rings. The molecule has 25 heavy (non-hydrogen) atoms. The molecule has 0 aromatic heterocycles. The lowest BCUT2D eigenvalue weighted by Gasteiger charge is -2.20. The second-order valence-electron chi connectivity index (χ2n) is 6.12. The molecule has 2 aromatic carbocycles. The third-order valence-electron chi connectivity index (χ3n) is 4.09. The molecule has 2 N–H and O–H groups in total. The third-order valence-corrected chi connectivity index (χ3v) is 4.09. The van der Waals surface area contributed by atoms with E-state index in [0.717, 1.165) is 11.1 Å². The fraction of sp³-hybridized carbons (Fsp3) is 0.300. The predicted molar refractivity (Wildman–Crippen MR) is 93.6 cm³/mol. The first kappa shape index (κ1) is 18.6. The first-order valence-electron chi connectivity index (χ1n) is 8.27. The highest BCUT2D eigenvalue weighted by molar-refractivity contribution is 5.77. The molecule has 0 saturated carbocycles. The van der Waals surface area contributed by atoms with Crippen molar-refractivity contribution in [2.24, 2.45) is 0 Å². The van der Waals surface area contributed by atoms with E-state index in [2.05, 4.69) is 5.32 Å². The maximum Gasteiger partial charge on any atom is 0.303 e. The molecule has 2 aromatic rings. The summed E-state index contributed by atoms with van der Waals surface area (Å²) in [4.78, 5) is 23.3. The van der Waals surface area contributed by atoms with Gasteiger partial charge >= 0.3 is 5.97 Å². The molecule has 132 valence electrons. The minimum absolute atomic E-state index is 0.0285. The Hall–Kier alpha value is -2.69. The summed E-state index contributed by atoms with van der Waals surface area (Å²) in [6.45, 7) is 1.86. The quantitative estimate of drug-likeness (QED) is 0.760. The number of carbonyl (C=O) groups is 2. The van der Waals surface area contributed by atoms with Crippen molar-refractivity contribution >= 4 is 11.9 Å². The molecule has 0 aliphatic rings. The number of benzene rings is 2. The Labute approximate surface area is 146 Å². The lowest BCUT2D eigenvalue weighted by Crippen LogP contribution is -2.29. The fourth-order valence-electron chi connectivity index (χ4n) is 2.74. The fourth-order valence-corrected chi connectivity index (χ4v) is 2.74. The van der Waals surface area contributed by atoms with Crippen LogP contribution in [0.4, 0.5) is 4.39 Å². The monoisotopic (exact) mass is 343 g/mol. The van der Waals surface area contributed by atoms with Crippen LogP contribution in [0.25, 0.3) is 0 Å². The number of amides is 1. The van der Waals surface area contributed by atoms with Crippen molar-refractivity contribution in [3.05, 3.63) is 71.5 Å². The Morgan fingerprint density at radius 1 is 1.08 bits per heavy atom. The maximum absolute atomic E-state index is 13.3. The van der Waals surface area contributed by atoms with Gasteiger partial charge in [0, 0.05) is 12.8 Å². The zero-order chi connectivity index (χ0) is 18.2. The van der Waals surface area contributed by atoms with Crippen LogP contribution in [0.3, 0.4) is 0 Å². The molecule has 4 nitrogen and oxygen atoms in total. The van der Waals surface area contributed by atoms with Gasteiger partial charge in [0.1, 0.15) is 5.82 Å². The summed E-state index contributed by atoms with van der Waals surface area (Å²) in [5, 5.41) is 11.8. The van der Waals surface area contributed by atoms with Crippen LogP contribution in [-0.2, 0) is 9.59 Å². The predicted octanol–water partition coefficient (Wildman–Crippen LogP) is 4.04. The minimum Gasteiger partial charge on any atom is -0.481 e. The molecule has 2 unspecified atom stereocenters. The SMILES string of the molecule is CC(CC(=O)NC(CCC(=O)O)c1ccccc1)c1cccc(F)c1. The topological polar surface area (TPSA) is 66.4 Å². The Balaban J connectivity index is 2.02. The first-order valence-corrected chi connectivity index (χ1v) is 8.27. The highest BCUT2D eigenvalue weighted by Crippen LogP contribution is 2.22. The standard InChI is InChI=1S/C20H22FNO3/c1-14(16-8-5-9-17(21)13-16)12-19(23)22-18(10-11-20(24)25)15-6-3-2-4-7-15/h2-9,13-14,18H,10-12H2,1H3,(H,22,23)(H,24,25). The first-order chi connectivity index (χ1) is 12.0. The summed E-state index contributed by atoms with van der Waals surface area (Å²) >= 11 is 0. The van der Waals surface area contributed by atoms with E-state index in [4.69, 9.17) is 5.11 Å². The van der Waals surface area contributed by atoms with Crippen LogP contribution < -0.4 is 5.32 Å². The molecule has 2 atom stereocenters. The summed E-state index contributed by atoms with van der Waals surface area (Å²) < 4.78 is 13.3. The average molecular weight is 343 g/mol. The van der Waals surface area contributed by atoms with E-state index in [-0.39, 0.29) is 36.5 Å². The Morgan fingerprint density at radius 3 is 2.40 bits per heavy atom. The molecule has 1 amide bonds. The lowest BCUT2D eigenvalue weighted by atomic mass is 9.96. The normalized spacial score (nSPS) is 13.0. The number of hydrogen-bond acceptors (Lipinski definition) is 2. The van der Waals surface area contributed by atoms with Gasteiger partial charge in [0.2, 0.25) is 5.91 Å². The van der Waals surface area contributed by atoms with Crippen molar-refractivity contribution in [2.45, 2.75) is 38.1 Å². The van der Waals surface area contributed by atoms with E-state index >= 15 is 0 Å². The molecule has 0 aliphatic heterocycles. The van der Waals surface area contributed by atoms with Crippen LogP contribution >= 0.6 is 0 Å². The molecule has 0 spiro atoms. The largest absolute Gasteiger partial charge is 0.481 e. The van der Waals surface area contributed by atoms with Crippen molar-refractivity contribution < 1.29 is 19.1 Å². The molecule has 5 heteroatoms. The molecule has 0 bridgehead atoms. The maximum atomic E-state index is 13.3. The third kappa shape index (κ3) is 6.03. The van der Waals surface area contributed by atoms with Crippen molar-refractivity contribution in [1.82, 2.24) is 5.32 Å². The van der Waals surface area contributed by atoms with Crippen molar-refractivity contribution in [1.29, 1.82) is 0 Å². The highest BCUT2D eigenvalue weighted by atomic mass is 19.1. The van der Waals surface area contributed by atoms with E-state index in [0.29, 0.717) is 6.42 Å². The van der Waals surface area contributed by atoms with E-state index in [1.54, 1.807) is 12.1 Å². The zero-order valence-electron chi connectivity index (χ0n) is 14.1. The minimum atomic E-state index is -0.900. The molecule has 0 heterocycles. The smallest absolute Gasteiger partial charge is 0.303 e. The second kappa shape index (κ2) is 8.97. The number of aliphatic carboxylic acids is 1. The van der Waals surface area contributed by atoms with Gasteiger partial charge in [0.05, 0.1) is 6.04 Å². The van der Waals surface area contributed by atoms with Gasteiger partial charge in [0.15, 0.2) is 0 Å². The molecule has 0 radical (unpaired) electrons. The number of hydrogen-bond donors (Lipinski definition) is 2. The Bertz CT molecular complexity index is 718. The van der Waals surface area contributed by atoms with Gasteiger partial charge in [-0.05, 0) is 35.6 Å². The van der Waals surface area contributed by atoms with Crippen LogP contribution in [0.15, 0.2) is 54.6 Å². The van der Waals surface area contributed by atoms with Gasteiger partial charge in [-0.15, -0.1) is 0 Å². The molecule has 0 aliphatic carbocycles. The van der Waals surface area contributed by atoms with Crippen molar-refractivity contribution in [2.75, 3.05) is 0 Å². The van der Waals surface area contributed by atoms with Crippen LogP contribution in [-0.4, -0.2) is 17.0 Å². The van der Waals surface area contributed by atoms with Crippen molar-refractivity contribution in [3.8, 4) is 0 Å². The number of nitrogens with one attached hydrogen (secondary N) is 1. The van der Waals surface area contributed by atoms with Gasteiger partial charge in [-0.1, -0.05) is 49.4 Å². The molecular formula is C20H22FNO3. The molecule has 0 saturated heterocycles. The number of carboxylic acids is 1. The summed E-state index contributed by atoms with van der Waals surface area (Å²) in [7, 11) is 0. The molecule has 2 rings (SSSR count). The summed E-state index contributed by atoms with van der Waals surface area (Å²) in [5.74, 6) is -1.54. The number of carbonyl (C=O) groups excluding carboxylic acids is 1. The van der Waals surface area contributed by atoms with E-state index in [1.807, 2.05) is 37.3 Å². The van der Waals surface area contributed by atoms with Gasteiger partial charge in [-0.3, -0.25) is 9.59 Å². The van der Waals surface area contributed by atoms with Gasteiger partial charge in [-0.2, -0.15) is 0 Å². The van der Waals surface area contributed by atoms with Crippen LogP contribution in [0.2, 0.25) is 0 Å². The van der Waals surface area contributed by atoms with Gasteiger partial charge in [-0.25, -0.2) is 4.39 Å². The summed E-state index contributed by atoms with van der Waals surface area (Å²) in [6.07, 6.45) is 0.499. The molecular weight excluding hydrogens is 321 g/mol. The summed E-state index contributed by atoms with van der Waals surface area (Å²) in [6, 6.07) is 15.2. The Kier molecular flexibility index (Phi) is 6.69. The van der Waals surface area contributed by atoms with E-state index in [1.165, 1.54) is 12.1 Å². The highest BCUT2D eigenvalue weighted by Gasteiger charge is 2.18. The zero-order valence-corrected chi connectivity index (χ0v) is 14.1. The Morgan fingerprint density at radius 2 is 1.76 bits per heavy atom.